The summed E-state index contributed by atoms with van der Waals surface area (Å²) in [6, 6.07) is 7.65. The second kappa shape index (κ2) is 11.3. The lowest BCUT2D eigenvalue weighted by Gasteiger charge is -2.12. The number of carbonyl (C=O) groups excluding carboxylic acids is 1. The highest BCUT2D eigenvalue weighted by molar-refractivity contribution is 5.79. The fourth-order valence-corrected chi connectivity index (χ4v) is 2.17. The number of benzene rings is 1. The number of carbonyl (C=O) groups is 1. The summed E-state index contributed by atoms with van der Waals surface area (Å²) in [5.41, 5.74) is 6.23. The van der Waals surface area contributed by atoms with Crippen molar-refractivity contribution in [3.63, 3.8) is 0 Å². The zero-order chi connectivity index (χ0) is 17.8. The van der Waals surface area contributed by atoms with Gasteiger partial charge in [0, 0.05) is 20.1 Å². The molecule has 0 fully saturated rings. The molecule has 0 aliphatic heterocycles. The van der Waals surface area contributed by atoms with Gasteiger partial charge in [-0.15, -0.1) is 0 Å². The number of nitrogens with zero attached hydrogens (tertiary/aromatic N) is 1. The van der Waals surface area contributed by atoms with Crippen LogP contribution in [0.2, 0.25) is 0 Å². The monoisotopic (exact) mass is 334 g/mol. The van der Waals surface area contributed by atoms with Crippen molar-refractivity contribution in [3.05, 3.63) is 29.8 Å². The van der Waals surface area contributed by atoms with Gasteiger partial charge in [-0.1, -0.05) is 26.0 Å². The van der Waals surface area contributed by atoms with Gasteiger partial charge in [0.2, 0.25) is 0 Å². The topological polar surface area (TPSA) is 88.7 Å². The fraction of sp³-hybridized carbons (Fsp3) is 0.556. The van der Waals surface area contributed by atoms with Gasteiger partial charge in [0.05, 0.1) is 0 Å². The summed E-state index contributed by atoms with van der Waals surface area (Å²) in [6.45, 7) is 6.10. The second-order valence-electron chi connectivity index (χ2n) is 6.11. The largest absolute Gasteiger partial charge is 0.484 e. The molecule has 0 bridgehead atoms. The van der Waals surface area contributed by atoms with Crippen LogP contribution in [0.1, 0.15) is 32.3 Å². The lowest BCUT2D eigenvalue weighted by Crippen LogP contribution is -2.38. The SMILES string of the molecule is CN=C(NCCCC(C)C)NCCc1ccc(OCC(N)=O)cc1. The van der Waals surface area contributed by atoms with Gasteiger partial charge >= 0.3 is 0 Å². The predicted molar refractivity (Wildman–Crippen MR) is 98.3 cm³/mol. The first-order chi connectivity index (χ1) is 11.5. The van der Waals surface area contributed by atoms with E-state index in [1.807, 2.05) is 24.3 Å². The summed E-state index contributed by atoms with van der Waals surface area (Å²) < 4.78 is 5.23. The summed E-state index contributed by atoms with van der Waals surface area (Å²) in [6.07, 6.45) is 3.24. The van der Waals surface area contributed by atoms with Gasteiger partial charge in [-0.3, -0.25) is 9.79 Å². The first-order valence-electron chi connectivity index (χ1n) is 8.45. The molecule has 6 heteroatoms. The third-order valence-corrected chi connectivity index (χ3v) is 3.48. The molecule has 0 heterocycles. The highest BCUT2D eigenvalue weighted by Crippen LogP contribution is 2.12. The van der Waals surface area contributed by atoms with Crippen molar-refractivity contribution in [2.24, 2.45) is 16.6 Å². The molecule has 1 aromatic rings. The molecule has 0 unspecified atom stereocenters. The second-order valence-corrected chi connectivity index (χ2v) is 6.11. The van der Waals surface area contributed by atoms with Crippen LogP contribution in [0.25, 0.3) is 0 Å². The van der Waals surface area contributed by atoms with E-state index in [-0.39, 0.29) is 6.61 Å². The molecular weight excluding hydrogens is 304 g/mol. The first kappa shape index (κ1) is 19.8. The minimum atomic E-state index is -0.476. The number of ether oxygens (including phenoxy) is 1. The van der Waals surface area contributed by atoms with Crippen molar-refractivity contribution < 1.29 is 9.53 Å². The predicted octanol–water partition coefficient (Wildman–Crippen LogP) is 1.69. The van der Waals surface area contributed by atoms with Crippen LogP contribution in [0.15, 0.2) is 29.3 Å². The van der Waals surface area contributed by atoms with E-state index in [2.05, 4.69) is 29.5 Å². The van der Waals surface area contributed by atoms with E-state index in [0.29, 0.717) is 5.75 Å². The van der Waals surface area contributed by atoms with Crippen LogP contribution in [-0.2, 0) is 11.2 Å². The average molecular weight is 334 g/mol. The van der Waals surface area contributed by atoms with Crippen molar-refractivity contribution in [2.75, 3.05) is 26.7 Å². The van der Waals surface area contributed by atoms with Gasteiger partial charge in [-0.25, -0.2) is 0 Å². The molecule has 0 radical (unpaired) electrons. The summed E-state index contributed by atoms with van der Waals surface area (Å²) in [7, 11) is 1.78. The summed E-state index contributed by atoms with van der Waals surface area (Å²) in [4.78, 5) is 14.9. The first-order valence-corrected chi connectivity index (χ1v) is 8.45. The summed E-state index contributed by atoms with van der Waals surface area (Å²) in [5.74, 6) is 1.74. The van der Waals surface area contributed by atoms with Crippen LogP contribution in [0.4, 0.5) is 0 Å². The van der Waals surface area contributed by atoms with Crippen molar-refractivity contribution in [1.82, 2.24) is 10.6 Å². The molecule has 0 aliphatic rings. The molecule has 0 saturated heterocycles. The van der Waals surface area contributed by atoms with E-state index in [9.17, 15) is 4.79 Å². The Hall–Kier alpha value is -2.24. The number of rotatable bonds is 10. The molecule has 0 aromatic heterocycles. The van der Waals surface area contributed by atoms with Crippen molar-refractivity contribution in [3.8, 4) is 5.75 Å². The Morgan fingerprint density at radius 3 is 2.46 bits per heavy atom. The Morgan fingerprint density at radius 2 is 1.88 bits per heavy atom. The number of aliphatic imine (C=N–C) groups is 1. The van der Waals surface area contributed by atoms with E-state index < -0.39 is 5.91 Å². The minimum absolute atomic E-state index is 0.0975. The molecule has 0 saturated carbocycles. The Bertz CT molecular complexity index is 512. The van der Waals surface area contributed by atoms with E-state index in [4.69, 9.17) is 10.5 Å². The van der Waals surface area contributed by atoms with E-state index in [1.165, 1.54) is 12.0 Å². The molecular formula is C18H30N4O2. The Labute approximate surface area is 144 Å². The van der Waals surface area contributed by atoms with Gasteiger partial charge in [0.1, 0.15) is 5.75 Å². The molecule has 134 valence electrons. The van der Waals surface area contributed by atoms with Gasteiger partial charge in [0.25, 0.3) is 5.91 Å². The average Bonchev–Trinajstić information content (AvgIpc) is 2.56. The number of primary amides is 1. The molecule has 4 N–H and O–H groups in total. The summed E-state index contributed by atoms with van der Waals surface area (Å²) >= 11 is 0. The van der Waals surface area contributed by atoms with Crippen LogP contribution in [-0.4, -0.2) is 38.6 Å². The number of hydrogen-bond donors (Lipinski definition) is 3. The van der Waals surface area contributed by atoms with Gasteiger partial charge in [0.15, 0.2) is 12.6 Å². The molecule has 6 nitrogen and oxygen atoms in total. The highest BCUT2D eigenvalue weighted by Gasteiger charge is 2.01. The molecule has 24 heavy (non-hydrogen) atoms. The number of guanidine groups is 1. The maximum absolute atomic E-state index is 10.7. The quantitative estimate of drug-likeness (QED) is 0.345. The zero-order valence-electron chi connectivity index (χ0n) is 15.0. The smallest absolute Gasteiger partial charge is 0.255 e. The van der Waals surface area contributed by atoms with E-state index in [0.717, 1.165) is 37.8 Å². The zero-order valence-corrected chi connectivity index (χ0v) is 15.0. The standard InChI is InChI=1S/C18H30N4O2/c1-14(2)5-4-11-21-18(20-3)22-12-10-15-6-8-16(9-7-15)24-13-17(19)23/h6-9,14H,4-5,10-13H2,1-3H3,(H2,19,23)(H2,20,21,22). The van der Waals surface area contributed by atoms with Crippen molar-refractivity contribution >= 4 is 11.9 Å². The van der Waals surface area contributed by atoms with Gasteiger partial charge in [-0.2, -0.15) is 0 Å². The normalized spacial score (nSPS) is 11.4. The maximum Gasteiger partial charge on any atom is 0.255 e. The third kappa shape index (κ3) is 9.02. The number of nitrogens with one attached hydrogen (secondary N) is 2. The van der Waals surface area contributed by atoms with Crippen LogP contribution >= 0.6 is 0 Å². The van der Waals surface area contributed by atoms with Crippen molar-refractivity contribution in [1.29, 1.82) is 0 Å². The lowest BCUT2D eigenvalue weighted by atomic mass is 10.1. The Kier molecular flexibility index (Phi) is 9.34. The molecule has 1 aromatic carbocycles. The third-order valence-electron chi connectivity index (χ3n) is 3.48. The van der Waals surface area contributed by atoms with Crippen LogP contribution in [0.3, 0.4) is 0 Å². The lowest BCUT2D eigenvalue weighted by molar-refractivity contribution is -0.119. The van der Waals surface area contributed by atoms with Gasteiger partial charge < -0.3 is 21.1 Å². The van der Waals surface area contributed by atoms with Crippen LogP contribution in [0.5, 0.6) is 5.75 Å². The number of hydrogen-bond acceptors (Lipinski definition) is 3. The number of nitrogens with two attached hydrogens (primary N) is 1. The highest BCUT2D eigenvalue weighted by atomic mass is 16.5. The molecule has 0 aliphatic carbocycles. The Morgan fingerprint density at radius 1 is 1.21 bits per heavy atom. The minimum Gasteiger partial charge on any atom is -0.484 e. The Balaban J connectivity index is 2.26. The molecule has 0 spiro atoms. The van der Waals surface area contributed by atoms with E-state index >= 15 is 0 Å². The van der Waals surface area contributed by atoms with Crippen LogP contribution < -0.4 is 21.1 Å². The molecule has 0 atom stereocenters. The van der Waals surface area contributed by atoms with Crippen molar-refractivity contribution in [2.45, 2.75) is 33.1 Å². The molecule has 1 rings (SSSR count). The maximum atomic E-state index is 10.7. The number of amides is 1. The van der Waals surface area contributed by atoms with Gasteiger partial charge in [-0.05, 0) is 42.9 Å². The molecule has 1 amide bonds. The summed E-state index contributed by atoms with van der Waals surface area (Å²) in [5, 5.41) is 6.63. The van der Waals surface area contributed by atoms with Crippen LogP contribution in [0, 0.1) is 5.92 Å². The fourth-order valence-electron chi connectivity index (χ4n) is 2.17. The van der Waals surface area contributed by atoms with E-state index in [1.54, 1.807) is 7.05 Å².